The normalized spacial score (nSPS) is 10.7. The molecule has 3 aromatic rings. The van der Waals surface area contributed by atoms with Crippen LogP contribution in [0.4, 0.5) is 0 Å². The lowest BCUT2D eigenvalue weighted by atomic mass is 10.2. The molecule has 1 aromatic carbocycles. The quantitative estimate of drug-likeness (QED) is 0.692. The Morgan fingerprint density at radius 3 is 2.55 bits per heavy atom. The highest BCUT2D eigenvalue weighted by Gasteiger charge is 2.14. The summed E-state index contributed by atoms with van der Waals surface area (Å²) in [6.07, 6.45) is 5.49. The van der Waals surface area contributed by atoms with E-state index < -0.39 is 0 Å². The van der Waals surface area contributed by atoms with Crippen LogP contribution in [-0.2, 0) is 0 Å². The zero-order chi connectivity index (χ0) is 13.9. The summed E-state index contributed by atoms with van der Waals surface area (Å²) in [6, 6.07) is 11.5. The minimum absolute atomic E-state index is 0.704. The van der Waals surface area contributed by atoms with Crippen molar-refractivity contribution in [1.82, 2.24) is 19.7 Å². The number of aromatic nitrogens is 4. The predicted molar refractivity (Wildman–Crippen MR) is 81.4 cm³/mol. The molecule has 0 spiro atoms. The smallest absolute Gasteiger partial charge is 0.195 e. The maximum atomic E-state index is 5.95. The molecule has 0 aliphatic carbocycles. The number of pyridine rings is 1. The largest absolute Gasteiger partial charge is 0.270 e. The monoisotopic (exact) mass is 302 g/mol. The number of hydrogen-bond acceptors (Lipinski definition) is 4. The Morgan fingerprint density at radius 2 is 1.90 bits per heavy atom. The van der Waals surface area contributed by atoms with Gasteiger partial charge in [-0.2, -0.15) is 0 Å². The molecule has 2 heterocycles. The molecule has 0 unspecified atom stereocenters. The van der Waals surface area contributed by atoms with Crippen LogP contribution in [0.5, 0.6) is 0 Å². The topological polar surface area (TPSA) is 43.6 Å². The second kappa shape index (κ2) is 5.64. The Labute approximate surface area is 125 Å². The highest BCUT2D eigenvalue weighted by atomic mass is 35.5. The fraction of sp³-hybridized carbons (Fsp3) is 0.0714. The van der Waals surface area contributed by atoms with E-state index >= 15 is 0 Å². The van der Waals surface area contributed by atoms with E-state index in [1.54, 1.807) is 24.2 Å². The minimum Gasteiger partial charge on any atom is -0.270 e. The lowest BCUT2D eigenvalue weighted by Crippen LogP contribution is -1.99. The molecular weight excluding hydrogens is 292 g/mol. The van der Waals surface area contributed by atoms with Gasteiger partial charge in [-0.05, 0) is 42.7 Å². The summed E-state index contributed by atoms with van der Waals surface area (Å²) < 4.78 is 2.00. The zero-order valence-electron chi connectivity index (χ0n) is 10.7. The molecule has 6 heteroatoms. The van der Waals surface area contributed by atoms with Gasteiger partial charge in [0, 0.05) is 28.7 Å². The Kier molecular flexibility index (Phi) is 3.71. The van der Waals surface area contributed by atoms with Gasteiger partial charge in [0.05, 0.1) is 0 Å². The molecule has 0 aliphatic rings. The van der Waals surface area contributed by atoms with Gasteiger partial charge in [0.15, 0.2) is 11.0 Å². The van der Waals surface area contributed by atoms with Crippen molar-refractivity contribution in [3.63, 3.8) is 0 Å². The van der Waals surface area contributed by atoms with Gasteiger partial charge in [-0.25, -0.2) is 0 Å². The first-order valence-corrected chi connectivity index (χ1v) is 7.55. The van der Waals surface area contributed by atoms with E-state index in [2.05, 4.69) is 15.2 Å². The van der Waals surface area contributed by atoms with Crippen molar-refractivity contribution in [1.29, 1.82) is 0 Å². The number of hydrogen-bond donors (Lipinski definition) is 0. The number of rotatable bonds is 3. The third kappa shape index (κ3) is 2.42. The summed E-state index contributed by atoms with van der Waals surface area (Å²) in [6.45, 7) is 0. The van der Waals surface area contributed by atoms with E-state index in [-0.39, 0.29) is 0 Å². The molecule has 0 N–H and O–H groups in total. The standard InChI is InChI=1S/C14H11ClN4S/c1-20-14-18-17-13(10-3-2-8-16-9-10)19(14)12-6-4-11(15)5-7-12/h2-9H,1H3. The molecule has 0 atom stereocenters. The van der Waals surface area contributed by atoms with Crippen molar-refractivity contribution in [2.45, 2.75) is 5.16 Å². The van der Waals surface area contributed by atoms with Crippen molar-refractivity contribution >= 4 is 23.4 Å². The molecule has 0 bridgehead atoms. The third-order valence-electron chi connectivity index (χ3n) is 2.82. The van der Waals surface area contributed by atoms with Crippen LogP contribution >= 0.6 is 23.4 Å². The molecular formula is C14H11ClN4S. The van der Waals surface area contributed by atoms with E-state index in [1.165, 1.54) is 0 Å². The molecule has 3 rings (SSSR count). The van der Waals surface area contributed by atoms with Gasteiger partial charge in [0.25, 0.3) is 0 Å². The molecule has 0 aliphatic heterocycles. The van der Waals surface area contributed by atoms with Crippen LogP contribution in [-0.4, -0.2) is 26.0 Å². The van der Waals surface area contributed by atoms with Crippen LogP contribution in [0, 0.1) is 0 Å². The van der Waals surface area contributed by atoms with Gasteiger partial charge < -0.3 is 0 Å². The third-order valence-corrected chi connectivity index (χ3v) is 3.70. The summed E-state index contributed by atoms with van der Waals surface area (Å²) in [5.74, 6) is 0.768. The molecule has 0 saturated heterocycles. The first kappa shape index (κ1) is 13.1. The Balaban J connectivity index is 2.18. The average molecular weight is 303 g/mol. The number of thioether (sulfide) groups is 1. The fourth-order valence-corrected chi connectivity index (χ4v) is 2.53. The van der Waals surface area contributed by atoms with E-state index in [0.717, 1.165) is 22.2 Å². The first-order chi connectivity index (χ1) is 9.79. The summed E-state index contributed by atoms with van der Waals surface area (Å²) in [4.78, 5) is 4.14. The van der Waals surface area contributed by atoms with Crippen molar-refractivity contribution in [2.24, 2.45) is 0 Å². The van der Waals surface area contributed by atoms with Crippen molar-refractivity contribution in [3.8, 4) is 17.1 Å². The molecule has 0 saturated carbocycles. The average Bonchev–Trinajstić information content (AvgIpc) is 2.93. The molecule has 0 fully saturated rings. The van der Waals surface area contributed by atoms with Crippen LogP contribution in [0.25, 0.3) is 17.1 Å². The number of benzene rings is 1. The highest BCUT2D eigenvalue weighted by molar-refractivity contribution is 7.98. The second-order valence-electron chi connectivity index (χ2n) is 4.06. The lowest BCUT2D eigenvalue weighted by molar-refractivity contribution is 0.888. The second-order valence-corrected chi connectivity index (χ2v) is 5.27. The van der Waals surface area contributed by atoms with Gasteiger partial charge in [0.2, 0.25) is 0 Å². The van der Waals surface area contributed by atoms with Gasteiger partial charge in [-0.3, -0.25) is 9.55 Å². The SMILES string of the molecule is CSc1nnc(-c2cccnc2)n1-c1ccc(Cl)cc1. The van der Waals surface area contributed by atoms with Crippen LogP contribution < -0.4 is 0 Å². The molecule has 20 heavy (non-hydrogen) atoms. The van der Waals surface area contributed by atoms with Gasteiger partial charge >= 0.3 is 0 Å². The molecule has 4 nitrogen and oxygen atoms in total. The minimum atomic E-state index is 0.704. The van der Waals surface area contributed by atoms with Crippen molar-refractivity contribution in [3.05, 3.63) is 53.8 Å². The maximum absolute atomic E-state index is 5.95. The van der Waals surface area contributed by atoms with Crippen molar-refractivity contribution in [2.75, 3.05) is 6.26 Å². The molecule has 2 aromatic heterocycles. The maximum Gasteiger partial charge on any atom is 0.195 e. The van der Waals surface area contributed by atoms with Crippen LogP contribution in [0.2, 0.25) is 5.02 Å². The zero-order valence-corrected chi connectivity index (χ0v) is 12.3. The summed E-state index contributed by atoms with van der Waals surface area (Å²) in [7, 11) is 0. The van der Waals surface area contributed by atoms with Gasteiger partial charge in [0.1, 0.15) is 0 Å². The summed E-state index contributed by atoms with van der Waals surface area (Å²) in [5.41, 5.74) is 1.90. The van der Waals surface area contributed by atoms with E-state index in [0.29, 0.717) is 5.02 Å². The first-order valence-electron chi connectivity index (χ1n) is 5.95. The van der Waals surface area contributed by atoms with E-state index in [1.807, 2.05) is 47.2 Å². The molecule has 0 radical (unpaired) electrons. The Bertz CT molecular complexity index is 710. The highest BCUT2D eigenvalue weighted by Crippen LogP contribution is 2.26. The summed E-state index contributed by atoms with van der Waals surface area (Å²) >= 11 is 7.49. The van der Waals surface area contributed by atoms with E-state index in [4.69, 9.17) is 11.6 Å². The van der Waals surface area contributed by atoms with Crippen LogP contribution in [0.3, 0.4) is 0 Å². The van der Waals surface area contributed by atoms with Crippen LogP contribution in [0.1, 0.15) is 0 Å². The van der Waals surface area contributed by atoms with Gasteiger partial charge in [-0.15, -0.1) is 10.2 Å². The van der Waals surface area contributed by atoms with Crippen LogP contribution in [0.15, 0.2) is 53.9 Å². The fourth-order valence-electron chi connectivity index (χ4n) is 1.91. The Hall–Kier alpha value is -1.85. The van der Waals surface area contributed by atoms with E-state index in [9.17, 15) is 0 Å². The summed E-state index contributed by atoms with van der Waals surface area (Å²) in [5, 5.41) is 10.0. The predicted octanol–water partition coefficient (Wildman–Crippen LogP) is 3.70. The lowest BCUT2D eigenvalue weighted by Gasteiger charge is -2.09. The number of halogens is 1. The van der Waals surface area contributed by atoms with Gasteiger partial charge in [-0.1, -0.05) is 23.4 Å². The number of nitrogens with zero attached hydrogens (tertiary/aromatic N) is 4. The molecule has 0 amide bonds. The van der Waals surface area contributed by atoms with Crippen molar-refractivity contribution < 1.29 is 0 Å². The molecule has 100 valence electrons. The Morgan fingerprint density at radius 1 is 1.10 bits per heavy atom.